The van der Waals surface area contributed by atoms with Gasteiger partial charge in [0.15, 0.2) is 5.58 Å². The van der Waals surface area contributed by atoms with Crippen molar-refractivity contribution in [3.05, 3.63) is 59.7 Å². The Balaban J connectivity index is 1.22. The molecule has 0 radical (unpaired) electrons. The van der Waals surface area contributed by atoms with Crippen LogP contribution in [0.4, 0.5) is 6.01 Å². The van der Waals surface area contributed by atoms with Gasteiger partial charge < -0.3 is 14.6 Å². The molecule has 144 valence electrons. The number of hydrogen-bond acceptors (Lipinski definition) is 4. The van der Waals surface area contributed by atoms with Gasteiger partial charge in [0.1, 0.15) is 5.52 Å². The van der Waals surface area contributed by atoms with E-state index in [2.05, 4.69) is 39.5 Å². The molecule has 5 heteroatoms. The molecule has 0 saturated carbocycles. The summed E-state index contributed by atoms with van der Waals surface area (Å²) in [6.07, 6.45) is 4.95. The molecule has 5 nitrogen and oxygen atoms in total. The zero-order chi connectivity index (χ0) is 18.9. The Morgan fingerprint density at radius 1 is 1.04 bits per heavy atom. The van der Waals surface area contributed by atoms with Gasteiger partial charge in [-0.1, -0.05) is 36.4 Å². The zero-order valence-corrected chi connectivity index (χ0v) is 15.9. The minimum absolute atomic E-state index is 0.0646. The average Bonchev–Trinajstić information content (AvgIpc) is 3.18. The van der Waals surface area contributed by atoms with Crippen LogP contribution in [0.15, 0.2) is 52.9 Å². The average molecular weight is 375 g/mol. The van der Waals surface area contributed by atoms with E-state index in [9.17, 15) is 4.79 Å². The van der Waals surface area contributed by atoms with Crippen molar-refractivity contribution in [3.63, 3.8) is 0 Å². The van der Waals surface area contributed by atoms with Gasteiger partial charge in [-0.15, -0.1) is 0 Å². The van der Waals surface area contributed by atoms with Crippen molar-refractivity contribution in [1.82, 2.24) is 10.3 Å². The van der Waals surface area contributed by atoms with Gasteiger partial charge in [0.25, 0.3) is 6.01 Å². The molecule has 2 heterocycles. The lowest BCUT2D eigenvalue weighted by Crippen LogP contribution is -2.42. The SMILES string of the molecule is O=C(NC1CCCc2ccccc21)C1CCN(c2nc3ccccc3o2)CC1. The highest BCUT2D eigenvalue weighted by atomic mass is 16.4. The number of aryl methyl sites for hydroxylation is 1. The molecule has 1 N–H and O–H groups in total. The van der Waals surface area contributed by atoms with Gasteiger partial charge in [-0.2, -0.15) is 4.98 Å². The minimum atomic E-state index is 0.0646. The maximum Gasteiger partial charge on any atom is 0.298 e. The molecule has 1 aliphatic heterocycles. The number of piperidine rings is 1. The van der Waals surface area contributed by atoms with E-state index in [4.69, 9.17) is 4.42 Å². The van der Waals surface area contributed by atoms with E-state index in [-0.39, 0.29) is 17.9 Å². The number of aromatic nitrogens is 1. The van der Waals surface area contributed by atoms with E-state index in [0.29, 0.717) is 6.01 Å². The van der Waals surface area contributed by atoms with Crippen molar-refractivity contribution < 1.29 is 9.21 Å². The molecule has 0 bridgehead atoms. The fourth-order valence-electron chi connectivity index (χ4n) is 4.52. The van der Waals surface area contributed by atoms with E-state index < -0.39 is 0 Å². The summed E-state index contributed by atoms with van der Waals surface area (Å²) >= 11 is 0. The molecule has 0 spiro atoms. The third-order valence-electron chi connectivity index (χ3n) is 6.10. The van der Waals surface area contributed by atoms with Crippen LogP contribution in [0.25, 0.3) is 11.1 Å². The maximum absolute atomic E-state index is 12.9. The van der Waals surface area contributed by atoms with Gasteiger partial charge in [-0.3, -0.25) is 4.79 Å². The molecule has 3 aromatic rings. The fourth-order valence-corrected chi connectivity index (χ4v) is 4.52. The summed E-state index contributed by atoms with van der Waals surface area (Å²) in [5.74, 6) is 0.258. The van der Waals surface area contributed by atoms with Crippen molar-refractivity contribution >= 4 is 23.0 Å². The molecule has 1 amide bonds. The summed E-state index contributed by atoms with van der Waals surface area (Å²) in [7, 11) is 0. The van der Waals surface area contributed by atoms with Gasteiger partial charge in [0, 0.05) is 19.0 Å². The number of amides is 1. The summed E-state index contributed by atoms with van der Waals surface area (Å²) in [6, 6.07) is 17.2. The van der Waals surface area contributed by atoms with Gasteiger partial charge in [-0.05, 0) is 55.4 Å². The monoisotopic (exact) mass is 375 g/mol. The highest BCUT2D eigenvalue weighted by molar-refractivity contribution is 5.79. The largest absolute Gasteiger partial charge is 0.423 e. The first kappa shape index (κ1) is 17.3. The van der Waals surface area contributed by atoms with Crippen molar-refractivity contribution in [2.75, 3.05) is 18.0 Å². The maximum atomic E-state index is 12.9. The molecule has 2 aliphatic rings. The first-order chi connectivity index (χ1) is 13.8. The number of nitrogens with one attached hydrogen (secondary N) is 1. The van der Waals surface area contributed by atoms with Crippen LogP contribution in [-0.2, 0) is 11.2 Å². The summed E-state index contributed by atoms with van der Waals surface area (Å²) in [5.41, 5.74) is 4.37. The smallest absolute Gasteiger partial charge is 0.298 e. The topological polar surface area (TPSA) is 58.4 Å². The van der Waals surface area contributed by atoms with Crippen LogP contribution in [0.3, 0.4) is 0 Å². The summed E-state index contributed by atoms with van der Waals surface area (Å²) < 4.78 is 5.88. The van der Waals surface area contributed by atoms with Gasteiger partial charge >= 0.3 is 0 Å². The van der Waals surface area contributed by atoms with Crippen molar-refractivity contribution in [3.8, 4) is 0 Å². The summed E-state index contributed by atoms with van der Waals surface area (Å²) in [4.78, 5) is 19.6. The Hall–Kier alpha value is -2.82. The molecule has 1 saturated heterocycles. The summed E-state index contributed by atoms with van der Waals surface area (Å²) in [6.45, 7) is 1.60. The van der Waals surface area contributed by atoms with Crippen molar-refractivity contribution in [2.24, 2.45) is 5.92 Å². The van der Waals surface area contributed by atoms with Crippen molar-refractivity contribution in [1.29, 1.82) is 0 Å². The number of fused-ring (bicyclic) bond motifs is 2. The van der Waals surface area contributed by atoms with E-state index in [1.807, 2.05) is 24.3 Å². The normalized spacial score (nSPS) is 20.1. The van der Waals surface area contributed by atoms with Crippen LogP contribution in [0, 0.1) is 5.92 Å². The predicted molar refractivity (Wildman–Crippen MR) is 109 cm³/mol. The molecule has 1 aliphatic carbocycles. The van der Waals surface area contributed by atoms with E-state index in [0.717, 1.165) is 56.3 Å². The highest BCUT2D eigenvalue weighted by Crippen LogP contribution is 2.31. The number of nitrogens with zero attached hydrogens (tertiary/aromatic N) is 2. The van der Waals surface area contributed by atoms with E-state index in [1.165, 1.54) is 11.1 Å². The number of rotatable bonds is 3. The zero-order valence-electron chi connectivity index (χ0n) is 15.9. The first-order valence-electron chi connectivity index (χ1n) is 10.3. The third kappa shape index (κ3) is 3.26. The molecule has 28 heavy (non-hydrogen) atoms. The van der Waals surface area contributed by atoms with Crippen LogP contribution in [-0.4, -0.2) is 24.0 Å². The second-order valence-corrected chi connectivity index (χ2v) is 7.88. The Morgan fingerprint density at radius 3 is 2.68 bits per heavy atom. The standard InChI is InChI=1S/C23H25N3O2/c27-22(24-19-10-5-7-16-6-1-2-8-18(16)19)17-12-14-26(15-13-17)23-25-20-9-3-4-11-21(20)28-23/h1-4,6,8-9,11,17,19H,5,7,10,12-15H2,(H,24,27). The molecular weight excluding hydrogens is 350 g/mol. The quantitative estimate of drug-likeness (QED) is 0.744. The molecule has 1 unspecified atom stereocenters. The van der Waals surface area contributed by atoms with Crippen molar-refractivity contribution in [2.45, 2.75) is 38.1 Å². The van der Waals surface area contributed by atoms with Crippen LogP contribution in [0.5, 0.6) is 0 Å². The lowest BCUT2D eigenvalue weighted by molar-refractivity contribution is -0.126. The van der Waals surface area contributed by atoms with Crippen LogP contribution < -0.4 is 10.2 Å². The molecule has 5 rings (SSSR count). The van der Waals surface area contributed by atoms with Gasteiger partial charge in [0.05, 0.1) is 6.04 Å². The first-order valence-corrected chi connectivity index (χ1v) is 10.3. The third-order valence-corrected chi connectivity index (χ3v) is 6.10. The summed E-state index contributed by atoms with van der Waals surface area (Å²) in [5, 5.41) is 3.32. The number of para-hydroxylation sites is 2. The highest BCUT2D eigenvalue weighted by Gasteiger charge is 2.29. The van der Waals surface area contributed by atoms with Crippen LogP contribution in [0.2, 0.25) is 0 Å². The Labute approximate surface area is 164 Å². The molecule has 1 atom stereocenters. The lowest BCUT2D eigenvalue weighted by Gasteiger charge is -2.32. The number of benzene rings is 2. The Morgan fingerprint density at radius 2 is 1.82 bits per heavy atom. The second kappa shape index (κ2) is 7.30. The van der Waals surface area contributed by atoms with E-state index >= 15 is 0 Å². The fraction of sp³-hybridized carbons (Fsp3) is 0.391. The number of carbonyl (C=O) groups is 1. The van der Waals surface area contributed by atoms with E-state index in [1.54, 1.807) is 0 Å². The molecule has 1 aromatic heterocycles. The van der Waals surface area contributed by atoms with Crippen LogP contribution in [0.1, 0.15) is 42.9 Å². The molecule has 2 aromatic carbocycles. The number of oxazole rings is 1. The number of hydrogen-bond donors (Lipinski definition) is 1. The Kier molecular flexibility index (Phi) is 4.51. The number of anilines is 1. The van der Waals surface area contributed by atoms with Crippen LogP contribution >= 0.6 is 0 Å². The van der Waals surface area contributed by atoms with Gasteiger partial charge in [0.2, 0.25) is 5.91 Å². The minimum Gasteiger partial charge on any atom is -0.423 e. The second-order valence-electron chi connectivity index (χ2n) is 7.88. The van der Waals surface area contributed by atoms with Gasteiger partial charge in [-0.25, -0.2) is 0 Å². The Bertz CT molecular complexity index is 955. The molecule has 1 fully saturated rings. The molecular formula is C23H25N3O2. The number of carbonyl (C=O) groups excluding carboxylic acids is 1. The predicted octanol–water partition coefficient (Wildman–Crippen LogP) is 4.24. The lowest BCUT2D eigenvalue weighted by atomic mass is 9.87.